The molecule has 7 heteroatoms. The van der Waals surface area contributed by atoms with Gasteiger partial charge in [-0.15, -0.1) is 0 Å². The highest BCUT2D eigenvalue weighted by molar-refractivity contribution is 9.10. The number of pyridine rings is 1. The van der Waals surface area contributed by atoms with Gasteiger partial charge in [-0.05, 0) is 35.2 Å². The van der Waals surface area contributed by atoms with Crippen molar-refractivity contribution < 1.29 is 10.0 Å². The Morgan fingerprint density at radius 1 is 1.47 bits per heavy atom. The zero-order valence-electron chi connectivity index (χ0n) is 9.23. The number of aliphatic hydroxyl groups is 1. The van der Waals surface area contributed by atoms with Gasteiger partial charge in [0.2, 0.25) is 0 Å². The zero-order valence-corrected chi connectivity index (χ0v) is 10.8. The monoisotopic (exact) mass is 303 g/mol. The van der Waals surface area contributed by atoms with E-state index in [0.29, 0.717) is 10.3 Å². The van der Waals surface area contributed by atoms with Gasteiger partial charge in [0, 0.05) is 19.2 Å². The fourth-order valence-electron chi connectivity index (χ4n) is 1.28. The Balaban J connectivity index is 2.46. The molecule has 1 rings (SSSR count). The minimum Gasteiger partial charge on any atom is -0.396 e. The molecule has 0 spiro atoms. The number of aromatic nitrogens is 1. The molecule has 0 saturated heterocycles. The average molecular weight is 304 g/mol. The van der Waals surface area contributed by atoms with Crippen LogP contribution >= 0.6 is 15.9 Å². The van der Waals surface area contributed by atoms with E-state index in [-0.39, 0.29) is 12.3 Å². The second-order valence-electron chi connectivity index (χ2n) is 3.49. The number of rotatable bonds is 7. The maximum Gasteiger partial charge on any atom is 0.288 e. The Morgan fingerprint density at radius 3 is 2.82 bits per heavy atom. The van der Waals surface area contributed by atoms with Gasteiger partial charge in [0.05, 0.1) is 9.40 Å². The van der Waals surface area contributed by atoms with Gasteiger partial charge in [0.1, 0.15) is 12.0 Å². The SMILES string of the molecule is O=[N+]([O-])c1cnc(NCCCCCO)c(Br)c1. The van der Waals surface area contributed by atoms with Crippen LogP contribution in [0.3, 0.4) is 0 Å². The van der Waals surface area contributed by atoms with Crippen molar-refractivity contribution in [2.75, 3.05) is 18.5 Å². The predicted molar refractivity (Wildman–Crippen MR) is 68.0 cm³/mol. The van der Waals surface area contributed by atoms with Crippen molar-refractivity contribution in [1.82, 2.24) is 4.98 Å². The number of hydrogen-bond acceptors (Lipinski definition) is 5. The molecule has 2 N–H and O–H groups in total. The summed E-state index contributed by atoms with van der Waals surface area (Å²) < 4.78 is 0.578. The molecule has 1 aromatic rings. The fraction of sp³-hybridized carbons (Fsp3) is 0.500. The summed E-state index contributed by atoms with van der Waals surface area (Å²) in [6, 6.07) is 1.42. The molecule has 94 valence electrons. The van der Waals surface area contributed by atoms with Gasteiger partial charge in [0.25, 0.3) is 5.69 Å². The quantitative estimate of drug-likeness (QED) is 0.458. The van der Waals surface area contributed by atoms with Gasteiger partial charge in [-0.25, -0.2) is 4.98 Å². The number of nitrogens with zero attached hydrogens (tertiary/aromatic N) is 2. The van der Waals surface area contributed by atoms with E-state index in [1.54, 1.807) is 0 Å². The standard InChI is InChI=1S/C10H14BrN3O3/c11-9-6-8(14(16)17)7-13-10(9)12-4-2-1-3-5-15/h6-7,15H,1-5H2,(H,12,13). The van der Waals surface area contributed by atoms with Gasteiger partial charge in [0.15, 0.2) is 0 Å². The van der Waals surface area contributed by atoms with Crippen molar-refractivity contribution in [2.45, 2.75) is 19.3 Å². The number of halogens is 1. The molecule has 0 saturated carbocycles. The molecular weight excluding hydrogens is 290 g/mol. The maximum absolute atomic E-state index is 10.5. The van der Waals surface area contributed by atoms with Crippen LogP contribution in [-0.2, 0) is 0 Å². The molecule has 6 nitrogen and oxygen atoms in total. The Labute approximate surface area is 107 Å². The van der Waals surface area contributed by atoms with Crippen LogP contribution in [-0.4, -0.2) is 28.2 Å². The van der Waals surface area contributed by atoms with E-state index < -0.39 is 4.92 Å². The summed E-state index contributed by atoms with van der Waals surface area (Å²) in [5.74, 6) is 0.597. The zero-order chi connectivity index (χ0) is 12.7. The first-order valence-electron chi connectivity index (χ1n) is 5.30. The first-order chi connectivity index (χ1) is 8.15. The normalized spacial score (nSPS) is 10.2. The minimum absolute atomic E-state index is 0.0392. The Bertz CT molecular complexity index is 387. The van der Waals surface area contributed by atoms with Crippen LogP contribution in [0.15, 0.2) is 16.7 Å². The van der Waals surface area contributed by atoms with Crippen molar-refractivity contribution in [3.8, 4) is 0 Å². The highest BCUT2D eigenvalue weighted by Crippen LogP contribution is 2.24. The summed E-state index contributed by atoms with van der Waals surface area (Å²) in [6.07, 6.45) is 3.87. The van der Waals surface area contributed by atoms with E-state index in [9.17, 15) is 10.1 Å². The third-order valence-corrected chi connectivity index (χ3v) is 2.77. The van der Waals surface area contributed by atoms with Gasteiger partial charge in [-0.1, -0.05) is 0 Å². The van der Waals surface area contributed by atoms with Crippen LogP contribution in [0.4, 0.5) is 11.5 Å². The molecular formula is C10H14BrN3O3. The highest BCUT2D eigenvalue weighted by atomic mass is 79.9. The lowest BCUT2D eigenvalue weighted by molar-refractivity contribution is -0.385. The molecule has 0 aliphatic carbocycles. The topological polar surface area (TPSA) is 88.3 Å². The molecule has 1 aromatic heterocycles. The smallest absolute Gasteiger partial charge is 0.288 e. The first-order valence-corrected chi connectivity index (χ1v) is 6.09. The third kappa shape index (κ3) is 4.66. The van der Waals surface area contributed by atoms with E-state index >= 15 is 0 Å². The number of hydrogen-bond donors (Lipinski definition) is 2. The summed E-state index contributed by atoms with van der Waals surface area (Å²) in [7, 11) is 0. The molecule has 1 heterocycles. The summed E-state index contributed by atoms with van der Waals surface area (Å²) in [5, 5.41) is 22.2. The van der Waals surface area contributed by atoms with Crippen LogP contribution in [0.2, 0.25) is 0 Å². The van der Waals surface area contributed by atoms with Crippen LogP contribution in [0.25, 0.3) is 0 Å². The number of anilines is 1. The van der Waals surface area contributed by atoms with E-state index in [0.717, 1.165) is 25.8 Å². The molecule has 0 aliphatic heterocycles. The summed E-state index contributed by atoms with van der Waals surface area (Å²) >= 11 is 3.23. The van der Waals surface area contributed by atoms with E-state index in [1.165, 1.54) is 12.3 Å². The minimum atomic E-state index is -0.483. The van der Waals surface area contributed by atoms with Gasteiger partial charge in [-0.3, -0.25) is 10.1 Å². The van der Waals surface area contributed by atoms with Crippen molar-refractivity contribution in [1.29, 1.82) is 0 Å². The molecule has 0 bridgehead atoms. The second kappa shape index (κ2) is 7.18. The van der Waals surface area contributed by atoms with Gasteiger partial charge >= 0.3 is 0 Å². The van der Waals surface area contributed by atoms with Crippen molar-refractivity contribution >= 4 is 27.4 Å². The lowest BCUT2D eigenvalue weighted by Gasteiger charge is -2.06. The lowest BCUT2D eigenvalue weighted by Crippen LogP contribution is -2.04. The summed E-state index contributed by atoms with van der Waals surface area (Å²) in [4.78, 5) is 14.0. The van der Waals surface area contributed by atoms with Gasteiger partial charge in [-0.2, -0.15) is 0 Å². The van der Waals surface area contributed by atoms with Crippen molar-refractivity contribution in [2.24, 2.45) is 0 Å². The predicted octanol–water partition coefficient (Wildman–Crippen LogP) is 2.33. The highest BCUT2D eigenvalue weighted by Gasteiger charge is 2.09. The van der Waals surface area contributed by atoms with Crippen LogP contribution in [0.1, 0.15) is 19.3 Å². The molecule has 0 aliphatic rings. The Morgan fingerprint density at radius 2 is 2.24 bits per heavy atom. The van der Waals surface area contributed by atoms with E-state index in [4.69, 9.17) is 5.11 Å². The third-order valence-electron chi connectivity index (χ3n) is 2.16. The van der Waals surface area contributed by atoms with Crippen LogP contribution in [0.5, 0.6) is 0 Å². The first kappa shape index (κ1) is 13.9. The number of aliphatic hydroxyl groups excluding tert-OH is 1. The second-order valence-corrected chi connectivity index (χ2v) is 4.35. The fourth-order valence-corrected chi connectivity index (χ4v) is 1.76. The molecule has 0 fully saturated rings. The molecule has 0 unspecified atom stereocenters. The molecule has 0 aromatic carbocycles. The molecule has 0 radical (unpaired) electrons. The van der Waals surface area contributed by atoms with E-state index in [1.807, 2.05) is 0 Å². The van der Waals surface area contributed by atoms with Crippen LogP contribution < -0.4 is 5.32 Å². The lowest BCUT2D eigenvalue weighted by atomic mass is 10.2. The maximum atomic E-state index is 10.5. The largest absolute Gasteiger partial charge is 0.396 e. The van der Waals surface area contributed by atoms with Crippen molar-refractivity contribution in [3.63, 3.8) is 0 Å². The Kier molecular flexibility index (Phi) is 5.85. The molecule has 0 atom stereocenters. The Hall–Kier alpha value is -1.21. The van der Waals surface area contributed by atoms with E-state index in [2.05, 4.69) is 26.2 Å². The van der Waals surface area contributed by atoms with Crippen LogP contribution in [0, 0.1) is 10.1 Å². The summed E-state index contributed by atoms with van der Waals surface area (Å²) in [6.45, 7) is 0.933. The van der Waals surface area contributed by atoms with Crippen molar-refractivity contribution in [3.05, 3.63) is 26.9 Å². The summed E-state index contributed by atoms with van der Waals surface area (Å²) in [5.41, 5.74) is -0.0392. The van der Waals surface area contributed by atoms with Gasteiger partial charge < -0.3 is 10.4 Å². The number of nitro groups is 1. The number of nitrogens with one attached hydrogen (secondary N) is 1. The number of unbranched alkanes of at least 4 members (excludes halogenated alkanes) is 2. The average Bonchev–Trinajstić information content (AvgIpc) is 2.30. The molecule has 17 heavy (non-hydrogen) atoms. The molecule has 0 amide bonds.